The molecule has 2 N–H and O–H groups in total. The lowest BCUT2D eigenvalue weighted by Crippen LogP contribution is -2.13. The molecule has 1 heterocycles. The van der Waals surface area contributed by atoms with E-state index in [0.29, 0.717) is 40.7 Å². The number of ether oxygens (including phenoxy) is 2. The fraction of sp³-hybridized carbons (Fsp3) is 0.136. The van der Waals surface area contributed by atoms with Crippen LogP contribution in [0.2, 0.25) is 0 Å². The zero-order chi connectivity index (χ0) is 20.6. The van der Waals surface area contributed by atoms with Crippen LogP contribution in [0.5, 0.6) is 5.75 Å². The molecule has 0 saturated heterocycles. The van der Waals surface area contributed by atoms with Gasteiger partial charge in [-0.3, -0.25) is 4.79 Å². The van der Waals surface area contributed by atoms with Crippen molar-refractivity contribution < 1.29 is 19.1 Å². The van der Waals surface area contributed by atoms with Gasteiger partial charge in [0.2, 0.25) is 0 Å². The number of anilines is 3. The number of amides is 1. The smallest absolute Gasteiger partial charge is 0.340 e. The SMILES string of the molecule is CCOC(=O)c1ccccc1Nc1ccc(NC(=O)c2cccc(OC)c2)nc1. The minimum absolute atomic E-state index is 0.287. The first-order valence-corrected chi connectivity index (χ1v) is 9.05. The monoisotopic (exact) mass is 391 g/mol. The average molecular weight is 391 g/mol. The van der Waals surface area contributed by atoms with Crippen LogP contribution in [-0.2, 0) is 4.74 Å². The minimum Gasteiger partial charge on any atom is -0.497 e. The van der Waals surface area contributed by atoms with Crippen molar-refractivity contribution in [3.63, 3.8) is 0 Å². The number of nitrogens with zero attached hydrogens (tertiary/aromatic N) is 1. The Bertz CT molecular complexity index is 1000. The molecule has 7 nitrogen and oxygen atoms in total. The Morgan fingerprint density at radius 3 is 2.59 bits per heavy atom. The molecule has 0 aliphatic carbocycles. The molecule has 0 aliphatic heterocycles. The zero-order valence-corrected chi connectivity index (χ0v) is 16.1. The summed E-state index contributed by atoms with van der Waals surface area (Å²) in [5.74, 6) is 0.322. The summed E-state index contributed by atoms with van der Waals surface area (Å²) in [5, 5.41) is 5.89. The second-order valence-electron chi connectivity index (χ2n) is 6.01. The highest BCUT2D eigenvalue weighted by molar-refractivity contribution is 6.04. The van der Waals surface area contributed by atoms with Crippen molar-refractivity contribution in [1.82, 2.24) is 4.98 Å². The molecular weight excluding hydrogens is 370 g/mol. The van der Waals surface area contributed by atoms with Gasteiger partial charge in [0.05, 0.1) is 36.9 Å². The first-order valence-electron chi connectivity index (χ1n) is 9.05. The minimum atomic E-state index is -0.397. The maximum Gasteiger partial charge on any atom is 0.340 e. The first-order chi connectivity index (χ1) is 14.1. The lowest BCUT2D eigenvalue weighted by atomic mass is 10.1. The predicted molar refractivity (Wildman–Crippen MR) is 111 cm³/mol. The normalized spacial score (nSPS) is 10.1. The number of carbonyl (C=O) groups is 2. The van der Waals surface area contributed by atoms with Gasteiger partial charge < -0.3 is 20.1 Å². The third-order valence-corrected chi connectivity index (χ3v) is 4.04. The molecule has 3 rings (SSSR count). The Balaban J connectivity index is 1.69. The standard InChI is InChI=1S/C22H21N3O4/c1-3-29-22(27)18-9-4-5-10-19(18)24-16-11-12-20(23-14-16)25-21(26)15-7-6-8-17(13-15)28-2/h4-14,24H,3H2,1-2H3,(H,23,25,26). The Morgan fingerprint density at radius 2 is 1.86 bits per heavy atom. The zero-order valence-electron chi connectivity index (χ0n) is 16.1. The number of pyridine rings is 1. The van der Waals surface area contributed by atoms with Crippen molar-refractivity contribution in [1.29, 1.82) is 0 Å². The lowest BCUT2D eigenvalue weighted by molar-refractivity contribution is 0.0527. The second-order valence-corrected chi connectivity index (χ2v) is 6.01. The van der Waals surface area contributed by atoms with Gasteiger partial charge in [0, 0.05) is 5.56 Å². The molecule has 2 aromatic carbocycles. The number of methoxy groups -OCH3 is 1. The molecule has 0 aliphatic rings. The molecule has 0 spiro atoms. The van der Waals surface area contributed by atoms with Crippen LogP contribution in [0.25, 0.3) is 0 Å². The van der Waals surface area contributed by atoms with E-state index in [1.165, 1.54) is 0 Å². The van der Waals surface area contributed by atoms with Crippen LogP contribution < -0.4 is 15.4 Å². The quantitative estimate of drug-likeness (QED) is 0.585. The Hall–Kier alpha value is -3.87. The summed E-state index contributed by atoms with van der Waals surface area (Å²) in [6.45, 7) is 2.06. The molecule has 0 radical (unpaired) electrons. The molecule has 148 valence electrons. The van der Waals surface area contributed by atoms with E-state index >= 15 is 0 Å². The van der Waals surface area contributed by atoms with E-state index in [9.17, 15) is 9.59 Å². The van der Waals surface area contributed by atoms with Crippen molar-refractivity contribution in [3.05, 3.63) is 78.0 Å². The van der Waals surface area contributed by atoms with Crippen LogP contribution in [0, 0.1) is 0 Å². The Morgan fingerprint density at radius 1 is 1.03 bits per heavy atom. The van der Waals surface area contributed by atoms with Gasteiger partial charge in [-0.25, -0.2) is 9.78 Å². The number of hydrogen-bond acceptors (Lipinski definition) is 6. The van der Waals surface area contributed by atoms with Gasteiger partial charge in [-0.15, -0.1) is 0 Å². The maximum atomic E-state index is 12.4. The molecule has 7 heteroatoms. The summed E-state index contributed by atoms with van der Waals surface area (Å²) in [6.07, 6.45) is 1.57. The summed E-state index contributed by atoms with van der Waals surface area (Å²) < 4.78 is 10.2. The summed E-state index contributed by atoms with van der Waals surface area (Å²) in [5.41, 5.74) is 2.18. The molecule has 0 bridgehead atoms. The number of nitrogens with one attached hydrogen (secondary N) is 2. The molecule has 1 aromatic heterocycles. The number of hydrogen-bond donors (Lipinski definition) is 2. The van der Waals surface area contributed by atoms with E-state index in [0.717, 1.165) is 0 Å². The third kappa shape index (κ3) is 5.10. The van der Waals surface area contributed by atoms with Gasteiger partial charge >= 0.3 is 5.97 Å². The Kier molecular flexibility index (Phi) is 6.42. The molecular formula is C22H21N3O4. The number of carbonyl (C=O) groups excluding carboxylic acids is 2. The molecule has 0 unspecified atom stereocenters. The van der Waals surface area contributed by atoms with E-state index in [2.05, 4.69) is 15.6 Å². The average Bonchev–Trinajstić information content (AvgIpc) is 2.75. The van der Waals surface area contributed by atoms with Gasteiger partial charge in [-0.1, -0.05) is 18.2 Å². The number of rotatable bonds is 7. The van der Waals surface area contributed by atoms with Gasteiger partial charge in [-0.2, -0.15) is 0 Å². The van der Waals surface area contributed by atoms with E-state index in [1.54, 1.807) is 74.8 Å². The highest BCUT2D eigenvalue weighted by Crippen LogP contribution is 2.22. The summed E-state index contributed by atoms with van der Waals surface area (Å²) in [7, 11) is 1.55. The van der Waals surface area contributed by atoms with E-state index in [4.69, 9.17) is 9.47 Å². The number of benzene rings is 2. The molecule has 29 heavy (non-hydrogen) atoms. The summed E-state index contributed by atoms with van der Waals surface area (Å²) in [6, 6.07) is 17.4. The molecule has 0 atom stereocenters. The van der Waals surface area contributed by atoms with Crippen LogP contribution >= 0.6 is 0 Å². The second kappa shape index (κ2) is 9.36. The first kappa shape index (κ1) is 19.9. The van der Waals surface area contributed by atoms with Crippen LogP contribution in [0.15, 0.2) is 66.9 Å². The van der Waals surface area contributed by atoms with Crippen molar-refractivity contribution >= 4 is 29.1 Å². The van der Waals surface area contributed by atoms with Crippen molar-refractivity contribution in [2.75, 3.05) is 24.4 Å². The van der Waals surface area contributed by atoms with Crippen molar-refractivity contribution in [2.24, 2.45) is 0 Å². The molecule has 1 amide bonds. The van der Waals surface area contributed by atoms with E-state index < -0.39 is 5.97 Å². The van der Waals surface area contributed by atoms with Crippen LogP contribution in [0.3, 0.4) is 0 Å². The summed E-state index contributed by atoms with van der Waals surface area (Å²) in [4.78, 5) is 28.7. The van der Waals surface area contributed by atoms with Crippen molar-refractivity contribution in [3.8, 4) is 5.75 Å². The molecule has 3 aromatic rings. The highest BCUT2D eigenvalue weighted by Gasteiger charge is 2.12. The maximum absolute atomic E-state index is 12.4. The fourth-order valence-corrected chi connectivity index (χ4v) is 2.63. The van der Waals surface area contributed by atoms with Gasteiger partial charge in [0.25, 0.3) is 5.91 Å². The largest absolute Gasteiger partial charge is 0.497 e. The fourth-order valence-electron chi connectivity index (χ4n) is 2.63. The van der Waals surface area contributed by atoms with Gasteiger partial charge in [0.15, 0.2) is 0 Å². The highest BCUT2D eigenvalue weighted by atomic mass is 16.5. The molecule has 0 fully saturated rings. The third-order valence-electron chi connectivity index (χ3n) is 4.04. The van der Waals surface area contributed by atoms with Crippen molar-refractivity contribution in [2.45, 2.75) is 6.92 Å². The number of para-hydroxylation sites is 1. The molecule has 0 saturated carbocycles. The van der Waals surface area contributed by atoms with E-state index in [-0.39, 0.29) is 5.91 Å². The van der Waals surface area contributed by atoms with Gasteiger partial charge in [-0.05, 0) is 49.4 Å². The lowest BCUT2D eigenvalue weighted by Gasteiger charge is -2.12. The van der Waals surface area contributed by atoms with Crippen LogP contribution in [0.4, 0.5) is 17.2 Å². The number of esters is 1. The summed E-state index contributed by atoms with van der Waals surface area (Å²) >= 11 is 0. The van der Waals surface area contributed by atoms with Crippen LogP contribution in [0.1, 0.15) is 27.6 Å². The van der Waals surface area contributed by atoms with Crippen LogP contribution in [-0.4, -0.2) is 30.6 Å². The Labute approximate surface area is 168 Å². The number of aromatic nitrogens is 1. The van der Waals surface area contributed by atoms with Gasteiger partial charge in [0.1, 0.15) is 11.6 Å². The topological polar surface area (TPSA) is 89.6 Å². The predicted octanol–water partition coefficient (Wildman–Crippen LogP) is 4.26. The van der Waals surface area contributed by atoms with E-state index in [1.807, 2.05) is 6.07 Å².